The van der Waals surface area contributed by atoms with Gasteiger partial charge in [0.25, 0.3) is 5.56 Å². The molecule has 116 valence electrons. The topological polar surface area (TPSA) is 22.0 Å². The van der Waals surface area contributed by atoms with Crippen LogP contribution in [0.1, 0.15) is 5.56 Å². The molecule has 4 rings (SSSR count). The van der Waals surface area contributed by atoms with Crippen LogP contribution in [-0.4, -0.2) is 4.57 Å². The zero-order valence-corrected chi connectivity index (χ0v) is 13.2. The monoisotopic (exact) mass is 311 g/mol. The number of pyridine rings is 1. The summed E-state index contributed by atoms with van der Waals surface area (Å²) in [6.45, 7) is 0.579. The van der Waals surface area contributed by atoms with Crippen molar-refractivity contribution in [3.05, 3.63) is 107 Å². The van der Waals surface area contributed by atoms with Gasteiger partial charge in [-0.3, -0.25) is 4.79 Å². The predicted octanol–water partition coefficient (Wildman–Crippen LogP) is 4.72. The third kappa shape index (κ3) is 2.63. The quantitative estimate of drug-likeness (QED) is 0.537. The van der Waals surface area contributed by atoms with Gasteiger partial charge in [0.2, 0.25) is 0 Å². The largest absolute Gasteiger partial charge is 0.304 e. The summed E-state index contributed by atoms with van der Waals surface area (Å²) < 4.78 is 1.84. The third-order valence-corrected chi connectivity index (χ3v) is 4.30. The molecule has 0 atom stereocenters. The zero-order valence-electron chi connectivity index (χ0n) is 13.2. The number of nitrogens with zero attached hydrogens (tertiary/aromatic N) is 1. The summed E-state index contributed by atoms with van der Waals surface area (Å²) in [5, 5.41) is 1.10. The van der Waals surface area contributed by atoms with Crippen molar-refractivity contribution < 1.29 is 0 Å². The lowest BCUT2D eigenvalue weighted by atomic mass is 10.0. The molecule has 0 unspecified atom stereocenters. The number of hydrogen-bond acceptors (Lipinski definition) is 1. The Kier molecular flexibility index (Phi) is 3.72. The van der Waals surface area contributed by atoms with Gasteiger partial charge >= 0.3 is 0 Å². The molecule has 0 fully saturated rings. The van der Waals surface area contributed by atoms with Crippen LogP contribution in [0.4, 0.5) is 0 Å². The Bertz CT molecular complexity index is 1030. The van der Waals surface area contributed by atoms with Crippen molar-refractivity contribution >= 4 is 10.9 Å². The molecule has 0 bridgehead atoms. The molecule has 0 spiro atoms. The van der Waals surface area contributed by atoms with Crippen molar-refractivity contribution in [2.45, 2.75) is 6.54 Å². The molecule has 24 heavy (non-hydrogen) atoms. The molecule has 1 heterocycles. The Morgan fingerprint density at radius 2 is 1.38 bits per heavy atom. The molecule has 0 aliphatic carbocycles. The van der Waals surface area contributed by atoms with Crippen LogP contribution in [0.2, 0.25) is 0 Å². The molecule has 0 N–H and O–H groups in total. The van der Waals surface area contributed by atoms with E-state index in [1.165, 1.54) is 0 Å². The van der Waals surface area contributed by atoms with Crippen LogP contribution in [-0.2, 0) is 6.54 Å². The Morgan fingerprint density at radius 3 is 2.12 bits per heavy atom. The molecule has 1 aromatic heterocycles. The minimum absolute atomic E-state index is 0.0246. The Labute approximate surface area is 140 Å². The van der Waals surface area contributed by atoms with Crippen molar-refractivity contribution in [3.8, 4) is 11.1 Å². The van der Waals surface area contributed by atoms with Gasteiger partial charge in [0.1, 0.15) is 0 Å². The highest BCUT2D eigenvalue weighted by molar-refractivity contribution is 5.94. The van der Waals surface area contributed by atoms with Crippen molar-refractivity contribution in [2.75, 3.05) is 0 Å². The number of aromatic nitrogens is 1. The third-order valence-electron chi connectivity index (χ3n) is 4.30. The second-order valence-electron chi connectivity index (χ2n) is 5.85. The van der Waals surface area contributed by atoms with Crippen LogP contribution in [0.25, 0.3) is 22.0 Å². The number of rotatable bonds is 3. The van der Waals surface area contributed by atoms with E-state index in [1.54, 1.807) is 6.07 Å². The second kappa shape index (κ2) is 6.17. The minimum atomic E-state index is 0.0246. The molecule has 4 aromatic rings. The normalized spacial score (nSPS) is 10.8. The molecule has 2 heteroatoms. The molecule has 3 aromatic carbocycles. The summed E-state index contributed by atoms with van der Waals surface area (Å²) in [7, 11) is 0. The molecule has 0 saturated heterocycles. The van der Waals surface area contributed by atoms with E-state index in [0.717, 1.165) is 27.6 Å². The fraction of sp³-hybridized carbons (Fsp3) is 0.0455. The van der Waals surface area contributed by atoms with Gasteiger partial charge in [-0.25, -0.2) is 0 Å². The number of benzene rings is 3. The van der Waals surface area contributed by atoms with Crippen LogP contribution < -0.4 is 5.56 Å². The molecule has 0 saturated carbocycles. The van der Waals surface area contributed by atoms with E-state index in [2.05, 4.69) is 18.2 Å². The van der Waals surface area contributed by atoms with Crippen LogP contribution in [0, 0.1) is 0 Å². The summed E-state index contributed by atoms with van der Waals surface area (Å²) in [4.78, 5) is 12.4. The molecule has 0 aliphatic heterocycles. The lowest BCUT2D eigenvalue weighted by molar-refractivity contribution is 0.795. The van der Waals surface area contributed by atoms with Crippen molar-refractivity contribution in [1.29, 1.82) is 0 Å². The summed E-state index contributed by atoms with van der Waals surface area (Å²) in [6, 6.07) is 30.1. The lowest BCUT2D eigenvalue weighted by Gasteiger charge is -2.13. The van der Waals surface area contributed by atoms with Crippen LogP contribution in [0.3, 0.4) is 0 Å². The molecular weight excluding hydrogens is 294 g/mol. The fourth-order valence-corrected chi connectivity index (χ4v) is 3.13. The summed E-state index contributed by atoms with van der Waals surface area (Å²) in [5.74, 6) is 0. The summed E-state index contributed by atoms with van der Waals surface area (Å²) in [6.07, 6.45) is 0. The Balaban J connectivity index is 1.92. The van der Waals surface area contributed by atoms with Gasteiger partial charge in [-0.1, -0.05) is 72.8 Å². The highest BCUT2D eigenvalue weighted by Crippen LogP contribution is 2.27. The lowest BCUT2D eigenvalue weighted by Crippen LogP contribution is -2.20. The number of hydrogen-bond donors (Lipinski definition) is 0. The van der Waals surface area contributed by atoms with E-state index < -0.39 is 0 Å². The summed E-state index contributed by atoms with van der Waals surface area (Å²) in [5.41, 5.74) is 4.42. The maximum atomic E-state index is 12.4. The van der Waals surface area contributed by atoms with Crippen LogP contribution in [0.15, 0.2) is 95.8 Å². The molecule has 0 radical (unpaired) electrons. The Hall–Kier alpha value is -3.13. The second-order valence-corrected chi connectivity index (χ2v) is 5.85. The van der Waals surface area contributed by atoms with E-state index in [-0.39, 0.29) is 5.56 Å². The van der Waals surface area contributed by atoms with Crippen LogP contribution in [0.5, 0.6) is 0 Å². The molecule has 0 aliphatic rings. The zero-order chi connectivity index (χ0) is 16.4. The van der Waals surface area contributed by atoms with E-state index in [1.807, 2.05) is 71.3 Å². The standard InChI is InChI=1S/C22H17NO/c24-22-15-14-20-19(18-10-5-2-6-11-18)12-7-13-21(20)23(22)16-17-8-3-1-4-9-17/h1-15H,16H2. The van der Waals surface area contributed by atoms with Crippen molar-refractivity contribution in [1.82, 2.24) is 4.57 Å². The fourth-order valence-electron chi connectivity index (χ4n) is 3.13. The van der Waals surface area contributed by atoms with Gasteiger partial charge in [-0.2, -0.15) is 0 Å². The van der Waals surface area contributed by atoms with Crippen molar-refractivity contribution in [2.24, 2.45) is 0 Å². The van der Waals surface area contributed by atoms with Gasteiger partial charge in [0.05, 0.1) is 12.1 Å². The molecule has 2 nitrogen and oxygen atoms in total. The van der Waals surface area contributed by atoms with E-state index in [9.17, 15) is 4.79 Å². The first-order valence-electron chi connectivity index (χ1n) is 8.05. The molecular formula is C22H17NO. The minimum Gasteiger partial charge on any atom is -0.304 e. The van der Waals surface area contributed by atoms with E-state index in [4.69, 9.17) is 0 Å². The van der Waals surface area contributed by atoms with Gasteiger partial charge in [-0.15, -0.1) is 0 Å². The first-order valence-corrected chi connectivity index (χ1v) is 8.05. The highest BCUT2D eigenvalue weighted by Gasteiger charge is 2.08. The molecule has 0 amide bonds. The van der Waals surface area contributed by atoms with Gasteiger partial charge in [0.15, 0.2) is 0 Å². The van der Waals surface area contributed by atoms with Crippen LogP contribution >= 0.6 is 0 Å². The predicted molar refractivity (Wildman–Crippen MR) is 99.2 cm³/mol. The number of fused-ring (bicyclic) bond motifs is 1. The average molecular weight is 311 g/mol. The maximum Gasteiger partial charge on any atom is 0.251 e. The van der Waals surface area contributed by atoms with E-state index >= 15 is 0 Å². The smallest absolute Gasteiger partial charge is 0.251 e. The van der Waals surface area contributed by atoms with E-state index in [0.29, 0.717) is 6.54 Å². The van der Waals surface area contributed by atoms with Crippen molar-refractivity contribution in [3.63, 3.8) is 0 Å². The maximum absolute atomic E-state index is 12.4. The summed E-state index contributed by atoms with van der Waals surface area (Å²) >= 11 is 0. The first kappa shape index (κ1) is 14.5. The Morgan fingerprint density at radius 1 is 0.667 bits per heavy atom. The SMILES string of the molecule is O=c1ccc2c(-c3ccccc3)cccc2n1Cc1ccccc1. The van der Waals surface area contributed by atoms with Gasteiger partial charge < -0.3 is 4.57 Å². The van der Waals surface area contributed by atoms with Gasteiger partial charge in [-0.05, 0) is 28.8 Å². The first-order chi connectivity index (χ1) is 11.8. The van der Waals surface area contributed by atoms with Gasteiger partial charge in [0, 0.05) is 11.5 Å². The average Bonchev–Trinajstić information content (AvgIpc) is 2.65. The highest BCUT2D eigenvalue weighted by atomic mass is 16.1.